The lowest BCUT2D eigenvalue weighted by Gasteiger charge is -2.16. The van der Waals surface area contributed by atoms with Gasteiger partial charge < -0.3 is 5.32 Å². The molecule has 1 atom stereocenters. The van der Waals surface area contributed by atoms with E-state index in [0.717, 1.165) is 17.9 Å². The van der Waals surface area contributed by atoms with Crippen molar-refractivity contribution in [3.63, 3.8) is 0 Å². The molecular formula is C21H21N7O2. The molecule has 0 fully saturated rings. The fraction of sp³-hybridized carbons (Fsp3) is 0.286. The molecule has 3 aromatic heterocycles. The highest BCUT2D eigenvalue weighted by molar-refractivity contribution is 5.96. The molecule has 1 amide bonds. The molecule has 9 heteroatoms. The van der Waals surface area contributed by atoms with Gasteiger partial charge in [-0.3, -0.25) is 13.9 Å². The summed E-state index contributed by atoms with van der Waals surface area (Å²) >= 11 is 0. The lowest BCUT2D eigenvalue weighted by atomic mass is 10.1. The van der Waals surface area contributed by atoms with Crippen LogP contribution in [0.5, 0.6) is 0 Å². The summed E-state index contributed by atoms with van der Waals surface area (Å²) in [5.41, 5.74) is 2.69. The maximum absolute atomic E-state index is 12.8. The molecule has 0 saturated heterocycles. The average molecular weight is 403 g/mol. The molecule has 1 aliphatic rings. The number of aryl methyl sites for hydroxylation is 2. The lowest BCUT2D eigenvalue weighted by molar-refractivity contribution is 0.0932. The minimum atomic E-state index is -0.184. The van der Waals surface area contributed by atoms with Gasteiger partial charge in [-0.2, -0.15) is 5.10 Å². The number of amides is 1. The number of carbonyl (C=O) groups is 1. The van der Waals surface area contributed by atoms with Crippen LogP contribution in [-0.2, 0) is 20.0 Å². The Morgan fingerprint density at radius 1 is 1.17 bits per heavy atom. The second kappa shape index (κ2) is 7.25. The number of pyridine rings is 1. The zero-order valence-electron chi connectivity index (χ0n) is 16.5. The number of imidazole rings is 1. The Hall–Kier alpha value is -3.75. The SMILES string of the molecule is Cn1nc2n(c1=O)CCC(NC(=O)c1cnc3c(c1)ncn3-c1ccccc1)CC2. The van der Waals surface area contributed by atoms with Crippen LogP contribution in [0.1, 0.15) is 29.0 Å². The Kier molecular flexibility index (Phi) is 4.42. The van der Waals surface area contributed by atoms with Gasteiger partial charge in [-0.25, -0.2) is 19.4 Å². The van der Waals surface area contributed by atoms with E-state index >= 15 is 0 Å². The van der Waals surface area contributed by atoms with E-state index in [0.29, 0.717) is 36.1 Å². The van der Waals surface area contributed by atoms with Crippen molar-refractivity contribution in [2.45, 2.75) is 31.8 Å². The largest absolute Gasteiger partial charge is 0.349 e. The monoisotopic (exact) mass is 403 g/mol. The molecule has 5 rings (SSSR count). The Balaban J connectivity index is 1.32. The van der Waals surface area contributed by atoms with Gasteiger partial charge in [-0.05, 0) is 31.0 Å². The van der Waals surface area contributed by atoms with E-state index in [2.05, 4.69) is 20.4 Å². The first-order valence-electron chi connectivity index (χ1n) is 9.92. The smallest absolute Gasteiger partial charge is 0.345 e. The second-order valence-electron chi connectivity index (χ2n) is 7.49. The predicted octanol–water partition coefficient (Wildman–Crippen LogP) is 1.45. The molecule has 0 saturated carbocycles. The van der Waals surface area contributed by atoms with Crippen molar-refractivity contribution in [3.05, 3.63) is 70.8 Å². The molecular weight excluding hydrogens is 382 g/mol. The van der Waals surface area contributed by atoms with E-state index in [1.54, 1.807) is 30.2 Å². The number of rotatable bonds is 3. The van der Waals surface area contributed by atoms with Crippen molar-refractivity contribution in [1.82, 2.24) is 34.2 Å². The van der Waals surface area contributed by atoms with Crippen LogP contribution in [0.3, 0.4) is 0 Å². The highest BCUT2D eigenvalue weighted by atomic mass is 16.2. The number of hydrogen-bond acceptors (Lipinski definition) is 5. The summed E-state index contributed by atoms with van der Waals surface area (Å²) in [5, 5.41) is 7.35. The first kappa shape index (κ1) is 18.3. The summed E-state index contributed by atoms with van der Waals surface area (Å²) in [6, 6.07) is 11.6. The number of benzene rings is 1. The molecule has 0 radical (unpaired) electrons. The van der Waals surface area contributed by atoms with Gasteiger partial charge in [0.15, 0.2) is 5.65 Å². The van der Waals surface area contributed by atoms with Gasteiger partial charge in [0.25, 0.3) is 5.91 Å². The van der Waals surface area contributed by atoms with E-state index in [1.807, 2.05) is 34.9 Å². The van der Waals surface area contributed by atoms with Gasteiger partial charge in [-0.15, -0.1) is 0 Å². The summed E-state index contributed by atoms with van der Waals surface area (Å²) in [7, 11) is 1.66. The number of aromatic nitrogens is 6. The zero-order chi connectivity index (χ0) is 20.7. The summed E-state index contributed by atoms with van der Waals surface area (Å²) in [5.74, 6) is 0.588. The predicted molar refractivity (Wildman–Crippen MR) is 111 cm³/mol. The number of para-hydroxylation sites is 1. The van der Waals surface area contributed by atoms with Crippen LogP contribution in [0.2, 0.25) is 0 Å². The quantitative estimate of drug-likeness (QED) is 0.558. The molecule has 4 aromatic rings. The first-order chi connectivity index (χ1) is 14.6. The minimum absolute atomic E-state index is 0.0264. The van der Waals surface area contributed by atoms with Gasteiger partial charge >= 0.3 is 5.69 Å². The van der Waals surface area contributed by atoms with Gasteiger partial charge in [0.05, 0.1) is 5.56 Å². The summed E-state index contributed by atoms with van der Waals surface area (Å²) in [4.78, 5) is 33.8. The number of hydrogen-bond donors (Lipinski definition) is 1. The molecule has 1 N–H and O–H groups in total. The Bertz CT molecular complexity index is 1290. The van der Waals surface area contributed by atoms with Crippen molar-refractivity contribution >= 4 is 17.1 Å². The molecule has 0 spiro atoms. The molecule has 0 aliphatic carbocycles. The molecule has 1 unspecified atom stereocenters. The summed E-state index contributed by atoms with van der Waals surface area (Å²) < 4.78 is 4.95. The summed E-state index contributed by atoms with van der Waals surface area (Å²) in [6.45, 7) is 0.547. The Morgan fingerprint density at radius 2 is 2.00 bits per heavy atom. The number of nitrogens with one attached hydrogen (secondary N) is 1. The van der Waals surface area contributed by atoms with E-state index in [1.165, 1.54) is 4.68 Å². The number of fused-ring (bicyclic) bond motifs is 2. The van der Waals surface area contributed by atoms with Crippen molar-refractivity contribution in [3.8, 4) is 5.69 Å². The molecule has 0 bridgehead atoms. The van der Waals surface area contributed by atoms with Crippen LogP contribution in [0.15, 0.2) is 53.7 Å². The number of carbonyl (C=O) groups excluding carboxylic acids is 1. The van der Waals surface area contributed by atoms with Crippen LogP contribution < -0.4 is 11.0 Å². The maximum atomic E-state index is 12.8. The topological polar surface area (TPSA) is 99.6 Å². The fourth-order valence-electron chi connectivity index (χ4n) is 3.91. The van der Waals surface area contributed by atoms with Crippen molar-refractivity contribution in [1.29, 1.82) is 0 Å². The van der Waals surface area contributed by atoms with Crippen LogP contribution in [0.25, 0.3) is 16.9 Å². The molecule has 1 aromatic carbocycles. The van der Waals surface area contributed by atoms with Crippen molar-refractivity contribution in [2.24, 2.45) is 7.05 Å². The third-order valence-electron chi connectivity index (χ3n) is 5.52. The van der Waals surface area contributed by atoms with Gasteiger partial charge in [-0.1, -0.05) is 18.2 Å². The van der Waals surface area contributed by atoms with Crippen LogP contribution in [-0.4, -0.2) is 40.8 Å². The fourth-order valence-corrected chi connectivity index (χ4v) is 3.91. The molecule has 1 aliphatic heterocycles. The third kappa shape index (κ3) is 3.18. The highest BCUT2D eigenvalue weighted by Gasteiger charge is 2.22. The lowest BCUT2D eigenvalue weighted by Crippen LogP contribution is -2.35. The normalized spacial score (nSPS) is 16.2. The molecule has 4 heterocycles. The standard InChI is InChI=1S/C21H21N7O2/c1-26-21(30)27-10-9-15(7-8-18(27)25-26)24-20(29)14-11-17-19(22-12-14)28(13-23-17)16-5-3-2-4-6-16/h2-6,11-13,15H,7-10H2,1H3,(H,24,29). The summed E-state index contributed by atoms with van der Waals surface area (Å²) in [6.07, 6.45) is 5.36. The van der Waals surface area contributed by atoms with E-state index in [4.69, 9.17) is 0 Å². The molecule has 9 nitrogen and oxygen atoms in total. The van der Waals surface area contributed by atoms with Gasteiger partial charge in [0.1, 0.15) is 17.7 Å². The average Bonchev–Trinajstić information content (AvgIpc) is 3.24. The van der Waals surface area contributed by atoms with E-state index in [-0.39, 0.29) is 17.6 Å². The van der Waals surface area contributed by atoms with Crippen molar-refractivity contribution in [2.75, 3.05) is 0 Å². The van der Waals surface area contributed by atoms with Crippen LogP contribution >= 0.6 is 0 Å². The molecule has 30 heavy (non-hydrogen) atoms. The molecule has 152 valence electrons. The van der Waals surface area contributed by atoms with Crippen molar-refractivity contribution < 1.29 is 4.79 Å². The van der Waals surface area contributed by atoms with Crippen LogP contribution in [0, 0.1) is 0 Å². The van der Waals surface area contributed by atoms with E-state index < -0.39 is 0 Å². The third-order valence-corrected chi connectivity index (χ3v) is 5.52. The zero-order valence-corrected chi connectivity index (χ0v) is 16.5. The van der Waals surface area contributed by atoms with Gasteiger partial charge in [0.2, 0.25) is 0 Å². The Labute approximate surface area is 172 Å². The Morgan fingerprint density at radius 3 is 2.83 bits per heavy atom. The minimum Gasteiger partial charge on any atom is -0.349 e. The van der Waals surface area contributed by atoms with Gasteiger partial charge in [0, 0.05) is 37.9 Å². The maximum Gasteiger partial charge on any atom is 0.345 e. The first-order valence-corrected chi connectivity index (χ1v) is 9.92. The van der Waals surface area contributed by atoms with Crippen LogP contribution in [0.4, 0.5) is 0 Å². The highest BCUT2D eigenvalue weighted by Crippen LogP contribution is 2.18. The van der Waals surface area contributed by atoms with E-state index in [9.17, 15) is 9.59 Å². The second-order valence-corrected chi connectivity index (χ2v) is 7.49. The number of nitrogens with zero attached hydrogens (tertiary/aromatic N) is 6.